The molecule has 1 aliphatic heterocycles. The lowest BCUT2D eigenvalue weighted by atomic mass is 9.94. The van der Waals surface area contributed by atoms with Gasteiger partial charge in [0.1, 0.15) is 0 Å². The van der Waals surface area contributed by atoms with Crippen molar-refractivity contribution < 1.29 is 4.79 Å². The van der Waals surface area contributed by atoms with Crippen LogP contribution in [0, 0.1) is 19.8 Å². The van der Waals surface area contributed by atoms with Gasteiger partial charge in [0, 0.05) is 19.2 Å². The molecule has 2 rings (SSSR count). The Kier molecular flexibility index (Phi) is 4.59. The molecule has 0 unspecified atom stereocenters. The standard InChI is InChI=1S/C16H24N2O/c1-12-4-5-13(2)15(10-12)18(3)16(19)11-14-6-8-17-9-7-14/h4-5,10,14,17H,6-9,11H2,1-3H3. The second kappa shape index (κ2) is 6.20. The molecular weight excluding hydrogens is 236 g/mol. The molecule has 0 bridgehead atoms. The Hall–Kier alpha value is -1.35. The topological polar surface area (TPSA) is 32.3 Å². The number of hydrogen-bond acceptors (Lipinski definition) is 2. The average molecular weight is 260 g/mol. The maximum atomic E-state index is 12.4. The molecule has 1 amide bonds. The van der Waals surface area contributed by atoms with Crippen LogP contribution < -0.4 is 10.2 Å². The Morgan fingerprint density at radius 1 is 1.32 bits per heavy atom. The summed E-state index contributed by atoms with van der Waals surface area (Å²) in [6.45, 7) is 6.22. The van der Waals surface area contributed by atoms with Gasteiger partial charge in [0.2, 0.25) is 5.91 Å². The van der Waals surface area contributed by atoms with Crippen LogP contribution in [-0.4, -0.2) is 26.0 Å². The molecule has 0 saturated carbocycles. The number of amides is 1. The average Bonchev–Trinajstić information content (AvgIpc) is 2.42. The molecular formula is C16H24N2O. The highest BCUT2D eigenvalue weighted by Gasteiger charge is 2.20. The lowest BCUT2D eigenvalue weighted by molar-refractivity contribution is -0.119. The van der Waals surface area contributed by atoms with Crippen molar-refractivity contribution in [1.29, 1.82) is 0 Å². The first kappa shape index (κ1) is 14.1. The number of carbonyl (C=O) groups excluding carboxylic acids is 1. The summed E-state index contributed by atoms with van der Waals surface area (Å²) in [5.74, 6) is 0.780. The molecule has 1 saturated heterocycles. The van der Waals surface area contributed by atoms with Gasteiger partial charge >= 0.3 is 0 Å². The van der Waals surface area contributed by atoms with E-state index in [9.17, 15) is 4.79 Å². The molecule has 0 radical (unpaired) electrons. The molecule has 0 atom stereocenters. The van der Waals surface area contributed by atoms with Crippen LogP contribution >= 0.6 is 0 Å². The van der Waals surface area contributed by atoms with Crippen LogP contribution in [0.15, 0.2) is 18.2 Å². The van der Waals surface area contributed by atoms with Crippen molar-refractivity contribution in [2.75, 3.05) is 25.0 Å². The van der Waals surface area contributed by atoms with Crippen molar-refractivity contribution >= 4 is 11.6 Å². The smallest absolute Gasteiger partial charge is 0.227 e. The number of benzene rings is 1. The number of aryl methyl sites for hydroxylation is 2. The Bertz CT molecular complexity index is 450. The lowest BCUT2D eigenvalue weighted by Gasteiger charge is -2.26. The maximum Gasteiger partial charge on any atom is 0.227 e. The van der Waals surface area contributed by atoms with Gasteiger partial charge in [-0.15, -0.1) is 0 Å². The quantitative estimate of drug-likeness (QED) is 0.906. The van der Waals surface area contributed by atoms with Crippen LogP contribution in [0.3, 0.4) is 0 Å². The first-order chi connectivity index (χ1) is 9.08. The van der Waals surface area contributed by atoms with Gasteiger partial charge in [0.25, 0.3) is 0 Å². The Morgan fingerprint density at radius 3 is 2.68 bits per heavy atom. The molecule has 3 nitrogen and oxygen atoms in total. The summed E-state index contributed by atoms with van der Waals surface area (Å²) in [5, 5.41) is 3.34. The minimum atomic E-state index is 0.237. The first-order valence-electron chi connectivity index (χ1n) is 7.12. The van der Waals surface area contributed by atoms with Gasteiger partial charge in [0.05, 0.1) is 0 Å². The second-order valence-corrected chi connectivity index (χ2v) is 5.64. The fourth-order valence-corrected chi connectivity index (χ4v) is 2.68. The van der Waals surface area contributed by atoms with Crippen LogP contribution in [-0.2, 0) is 4.79 Å². The number of rotatable bonds is 3. The number of hydrogen-bond donors (Lipinski definition) is 1. The van der Waals surface area contributed by atoms with Gasteiger partial charge < -0.3 is 10.2 Å². The van der Waals surface area contributed by atoms with Gasteiger partial charge in [-0.2, -0.15) is 0 Å². The highest BCUT2D eigenvalue weighted by atomic mass is 16.2. The van der Waals surface area contributed by atoms with Crippen molar-refractivity contribution in [3.8, 4) is 0 Å². The fraction of sp³-hybridized carbons (Fsp3) is 0.562. The number of piperidine rings is 1. The molecule has 1 fully saturated rings. The summed E-state index contributed by atoms with van der Waals surface area (Å²) in [6.07, 6.45) is 2.91. The minimum absolute atomic E-state index is 0.237. The van der Waals surface area contributed by atoms with E-state index >= 15 is 0 Å². The van der Waals surface area contributed by atoms with E-state index in [1.54, 1.807) is 0 Å². The van der Waals surface area contributed by atoms with E-state index in [-0.39, 0.29) is 5.91 Å². The summed E-state index contributed by atoms with van der Waals surface area (Å²) in [6, 6.07) is 6.26. The first-order valence-corrected chi connectivity index (χ1v) is 7.12. The third-order valence-electron chi connectivity index (χ3n) is 4.02. The van der Waals surface area contributed by atoms with Gasteiger partial charge in [-0.3, -0.25) is 4.79 Å². The molecule has 0 aliphatic carbocycles. The number of nitrogens with zero attached hydrogens (tertiary/aromatic N) is 1. The van der Waals surface area contributed by atoms with E-state index in [1.807, 2.05) is 11.9 Å². The summed E-state index contributed by atoms with van der Waals surface area (Å²) < 4.78 is 0. The molecule has 1 aliphatic rings. The largest absolute Gasteiger partial charge is 0.317 e. The number of anilines is 1. The van der Waals surface area contributed by atoms with Crippen LogP contribution in [0.5, 0.6) is 0 Å². The SMILES string of the molecule is Cc1ccc(C)c(N(C)C(=O)CC2CCNCC2)c1. The third kappa shape index (κ3) is 3.57. The van der Waals surface area contributed by atoms with E-state index in [4.69, 9.17) is 0 Å². The van der Waals surface area contributed by atoms with Crippen molar-refractivity contribution in [3.63, 3.8) is 0 Å². The van der Waals surface area contributed by atoms with E-state index in [0.29, 0.717) is 12.3 Å². The van der Waals surface area contributed by atoms with Crippen molar-refractivity contribution in [1.82, 2.24) is 5.32 Å². The second-order valence-electron chi connectivity index (χ2n) is 5.64. The zero-order valence-corrected chi connectivity index (χ0v) is 12.2. The zero-order valence-electron chi connectivity index (χ0n) is 12.2. The highest BCUT2D eigenvalue weighted by molar-refractivity contribution is 5.93. The normalized spacial score (nSPS) is 16.4. The van der Waals surface area contributed by atoms with Gasteiger partial charge in [-0.1, -0.05) is 12.1 Å². The van der Waals surface area contributed by atoms with E-state index in [1.165, 1.54) is 5.56 Å². The van der Waals surface area contributed by atoms with Crippen LogP contribution in [0.4, 0.5) is 5.69 Å². The predicted molar refractivity (Wildman–Crippen MR) is 79.5 cm³/mol. The molecule has 0 spiro atoms. The molecule has 104 valence electrons. The Labute approximate surface area is 116 Å². The summed E-state index contributed by atoms with van der Waals surface area (Å²) in [4.78, 5) is 14.2. The maximum absolute atomic E-state index is 12.4. The monoisotopic (exact) mass is 260 g/mol. The third-order valence-corrected chi connectivity index (χ3v) is 4.02. The Morgan fingerprint density at radius 2 is 2.00 bits per heavy atom. The highest BCUT2D eigenvalue weighted by Crippen LogP contribution is 2.23. The van der Waals surface area contributed by atoms with Crippen molar-refractivity contribution in [2.24, 2.45) is 5.92 Å². The molecule has 3 heteroatoms. The fourth-order valence-electron chi connectivity index (χ4n) is 2.68. The molecule has 1 N–H and O–H groups in total. The summed E-state index contributed by atoms with van der Waals surface area (Å²) in [5.41, 5.74) is 3.40. The summed E-state index contributed by atoms with van der Waals surface area (Å²) in [7, 11) is 1.89. The number of carbonyl (C=O) groups is 1. The Balaban J connectivity index is 2.03. The summed E-state index contributed by atoms with van der Waals surface area (Å²) >= 11 is 0. The van der Waals surface area contributed by atoms with E-state index < -0.39 is 0 Å². The minimum Gasteiger partial charge on any atom is -0.317 e. The van der Waals surface area contributed by atoms with Crippen LogP contribution in [0.1, 0.15) is 30.4 Å². The predicted octanol–water partition coefficient (Wildman–Crippen LogP) is 2.66. The van der Waals surface area contributed by atoms with Gasteiger partial charge in [0.15, 0.2) is 0 Å². The van der Waals surface area contributed by atoms with E-state index in [2.05, 4.69) is 37.4 Å². The molecule has 1 aromatic carbocycles. The zero-order chi connectivity index (χ0) is 13.8. The molecule has 19 heavy (non-hydrogen) atoms. The molecule has 0 aromatic heterocycles. The number of nitrogens with one attached hydrogen (secondary N) is 1. The molecule has 1 heterocycles. The van der Waals surface area contributed by atoms with Crippen molar-refractivity contribution in [3.05, 3.63) is 29.3 Å². The lowest BCUT2D eigenvalue weighted by Crippen LogP contribution is -2.33. The van der Waals surface area contributed by atoms with Crippen LogP contribution in [0.25, 0.3) is 0 Å². The van der Waals surface area contributed by atoms with E-state index in [0.717, 1.165) is 37.2 Å². The van der Waals surface area contributed by atoms with Gasteiger partial charge in [-0.25, -0.2) is 0 Å². The van der Waals surface area contributed by atoms with Crippen molar-refractivity contribution in [2.45, 2.75) is 33.1 Å². The van der Waals surface area contributed by atoms with Crippen LogP contribution in [0.2, 0.25) is 0 Å². The van der Waals surface area contributed by atoms with Gasteiger partial charge in [-0.05, 0) is 62.9 Å². The molecule has 1 aromatic rings.